The van der Waals surface area contributed by atoms with Gasteiger partial charge < -0.3 is 19.7 Å². The van der Waals surface area contributed by atoms with E-state index in [0.717, 1.165) is 61.1 Å². The van der Waals surface area contributed by atoms with E-state index in [9.17, 15) is 4.79 Å². The molecule has 2 aromatic carbocycles. The minimum absolute atomic E-state index is 0.116. The number of rotatable bonds is 6. The minimum Gasteiger partial charge on any atom is -0.486 e. The number of Topliss-reactive ketones (excluding diaryl/α,β-unsaturated/α-hetero) is 1. The Morgan fingerprint density at radius 3 is 2.71 bits per heavy atom. The molecule has 3 aromatic rings. The Morgan fingerprint density at radius 2 is 1.86 bits per heavy atom. The molecule has 3 aliphatic heterocycles. The highest BCUT2D eigenvalue weighted by Gasteiger charge is 2.37. The Labute approximate surface area is 210 Å². The lowest BCUT2D eigenvalue weighted by atomic mass is 9.89. The lowest BCUT2D eigenvalue weighted by molar-refractivity contribution is -0.124. The SMILES string of the molecule is O=C(Cc1cccs1)C(C1CCc2ccccc2N1)N1CCN(c2cccc3c2OCCO3)CC1. The number of anilines is 2. The summed E-state index contributed by atoms with van der Waals surface area (Å²) in [5.41, 5.74) is 3.60. The second kappa shape index (κ2) is 9.91. The Hall–Kier alpha value is -3.03. The molecule has 7 heteroatoms. The van der Waals surface area contributed by atoms with Crippen LogP contribution < -0.4 is 19.7 Å². The molecule has 0 saturated carbocycles. The van der Waals surface area contributed by atoms with Gasteiger partial charge in [-0.15, -0.1) is 11.3 Å². The van der Waals surface area contributed by atoms with Crippen LogP contribution in [0, 0.1) is 0 Å². The summed E-state index contributed by atoms with van der Waals surface area (Å²) in [4.78, 5) is 19.7. The molecule has 6 nitrogen and oxygen atoms in total. The van der Waals surface area contributed by atoms with E-state index in [0.29, 0.717) is 25.4 Å². The summed E-state index contributed by atoms with van der Waals surface area (Å²) in [6.07, 6.45) is 2.47. The predicted molar refractivity (Wildman–Crippen MR) is 140 cm³/mol. The third-order valence-electron chi connectivity index (χ3n) is 7.32. The first kappa shape index (κ1) is 22.4. The highest BCUT2D eigenvalue weighted by atomic mass is 32.1. The standard InChI is InChI=1S/C28H31N3O3S/c32-25(19-21-6-4-18-35-21)27(23-11-10-20-5-1-2-7-22(20)29-23)31-14-12-30(13-15-31)24-8-3-9-26-28(24)34-17-16-33-26/h1-9,18,23,27,29H,10-17,19H2. The Bertz CT molecular complexity index is 1170. The molecule has 0 radical (unpaired) electrons. The van der Waals surface area contributed by atoms with Crippen molar-refractivity contribution in [1.82, 2.24) is 4.90 Å². The third kappa shape index (κ3) is 4.62. The van der Waals surface area contributed by atoms with Crippen LogP contribution in [0.4, 0.5) is 11.4 Å². The van der Waals surface area contributed by atoms with E-state index in [1.54, 1.807) is 11.3 Å². The molecule has 182 valence electrons. The van der Waals surface area contributed by atoms with Crippen LogP contribution in [0.15, 0.2) is 60.0 Å². The van der Waals surface area contributed by atoms with Crippen LogP contribution in [0.5, 0.6) is 11.5 Å². The summed E-state index contributed by atoms with van der Waals surface area (Å²) < 4.78 is 11.8. The quantitative estimate of drug-likeness (QED) is 0.559. The fourth-order valence-electron chi connectivity index (χ4n) is 5.62. The first-order valence-electron chi connectivity index (χ1n) is 12.5. The number of piperazine rings is 1. The van der Waals surface area contributed by atoms with Gasteiger partial charge in [0.05, 0.1) is 11.7 Å². The molecule has 0 aliphatic carbocycles. The molecule has 1 saturated heterocycles. The van der Waals surface area contributed by atoms with Crippen molar-refractivity contribution in [2.24, 2.45) is 0 Å². The van der Waals surface area contributed by atoms with Crippen molar-refractivity contribution in [2.45, 2.75) is 31.3 Å². The molecule has 2 unspecified atom stereocenters. The van der Waals surface area contributed by atoms with E-state index >= 15 is 0 Å². The molecule has 1 aromatic heterocycles. The van der Waals surface area contributed by atoms with Crippen molar-refractivity contribution in [1.29, 1.82) is 0 Å². The van der Waals surface area contributed by atoms with Crippen molar-refractivity contribution in [3.05, 3.63) is 70.4 Å². The lowest BCUT2D eigenvalue weighted by Gasteiger charge is -2.44. The molecule has 4 heterocycles. The summed E-state index contributed by atoms with van der Waals surface area (Å²) >= 11 is 1.67. The van der Waals surface area contributed by atoms with Crippen molar-refractivity contribution in [3.63, 3.8) is 0 Å². The Balaban J connectivity index is 1.21. The van der Waals surface area contributed by atoms with Gasteiger partial charge in [0, 0.05) is 49.2 Å². The maximum absolute atomic E-state index is 13.7. The number of ether oxygens (including phenoxy) is 2. The summed E-state index contributed by atoms with van der Waals surface area (Å²) in [6, 6.07) is 18.7. The van der Waals surface area contributed by atoms with Gasteiger partial charge in [-0.25, -0.2) is 0 Å². The number of thiophene rings is 1. The lowest BCUT2D eigenvalue weighted by Crippen LogP contribution is -2.59. The molecule has 1 fully saturated rings. The van der Waals surface area contributed by atoms with E-state index in [1.807, 2.05) is 18.2 Å². The zero-order valence-electron chi connectivity index (χ0n) is 19.8. The zero-order chi connectivity index (χ0) is 23.6. The molecule has 1 N–H and O–H groups in total. The summed E-state index contributed by atoms with van der Waals surface area (Å²) in [5, 5.41) is 5.78. The Kier molecular flexibility index (Phi) is 6.35. The topological polar surface area (TPSA) is 54.0 Å². The van der Waals surface area contributed by atoms with E-state index < -0.39 is 0 Å². The molecule has 2 atom stereocenters. The number of carbonyl (C=O) groups excluding carboxylic acids is 1. The summed E-state index contributed by atoms with van der Waals surface area (Å²) in [7, 11) is 0. The normalized spacial score (nSPS) is 20.6. The van der Waals surface area contributed by atoms with Gasteiger partial charge in [-0.2, -0.15) is 0 Å². The van der Waals surface area contributed by atoms with Crippen LogP contribution in [0.3, 0.4) is 0 Å². The van der Waals surface area contributed by atoms with Gasteiger partial charge in [0.25, 0.3) is 0 Å². The molecule has 3 aliphatic rings. The van der Waals surface area contributed by atoms with Crippen LogP contribution in [-0.2, 0) is 17.6 Å². The molecule has 0 spiro atoms. The van der Waals surface area contributed by atoms with Crippen LogP contribution >= 0.6 is 11.3 Å². The maximum atomic E-state index is 13.7. The van der Waals surface area contributed by atoms with Gasteiger partial charge in [0.2, 0.25) is 0 Å². The number of nitrogens with one attached hydrogen (secondary N) is 1. The second-order valence-electron chi connectivity index (χ2n) is 9.44. The van der Waals surface area contributed by atoms with Crippen LogP contribution in [0.25, 0.3) is 0 Å². The van der Waals surface area contributed by atoms with Gasteiger partial charge in [-0.05, 0) is 48.1 Å². The predicted octanol–water partition coefficient (Wildman–Crippen LogP) is 4.25. The highest BCUT2D eigenvalue weighted by Crippen LogP contribution is 2.40. The molecule has 6 rings (SSSR count). The van der Waals surface area contributed by atoms with E-state index in [1.165, 1.54) is 11.3 Å². The van der Waals surface area contributed by atoms with Gasteiger partial charge in [-0.1, -0.05) is 30.3 Å². The summed E-state index contributed by atoms with van der Waals surface area (Å²) in [6.45, 7) is 4.56. The average Bonchev–Trinajstić information content (AvgIpc) is 3.42. The number of para-hydroxylation sites is 2. The molecule has 0 bridgehead atoms. The van der Waals surface area contributed by atoms with Gasteiger partial charge in [0.15, 0.2) is 17.3 Å². The highest BCUT2D eigenvalue weighted by molar-refractivity contribution is 7.10. The van der Waals surface area contributed by atoms with Gasteiger partial charge in [0.1, 0.15) is 13.2 Å². The number of nitrogens with zero attached hydrogens (tertiary/aromatic N) is 2. The molecular formula is C28H31N3O3S. The fourth-order valence-corrected chi connectivity index (χ4v) is 6.33. The van der Waals surface area contributed by atoms with Crippen molar-refractivity contribution >= 4 is 28.5 Å². The number of aryl methyl sites for hydroxylation is 1. The van der Waals surface area contributed by atoms with Crippen molar-refractivity contribution < 1.29 is 14.3 Å². The van der Waals surface area contributed by atoms with Crippen LogP contribution in [0.1, 0.15) is 16.9 Å². The molecular weight excluding hydrogens is 458 g/mol. The Morgan fingerprint density at radius 1 is 1.00 bits per heavy atom. The van der Waals surface area contributed by atoms with Crippen molar-refractivity contribution in [2.75, 3.05) is 49.6 Å². The number of fused-ring (bicyclic) bond motifs is 2. The number of hydrogen-bond acceptors (Lipinski definition) is 7. The van der Waals surface area contributed by atoms with Crippen LogP contribution in [0.2, 0.25) is 0 Å². The number of ketones is 1. The largest absolute Gasteiger partial charge is 0.486 e. The fraction of sp³-hybridized carbons (Fsp3) is 0.393. The van der Waals surface area contributed by atoms with E-state index in [2.05, 4.69) is 56.9 Å². The average molecular weight is 490 g/mol. The van der Waals surface area contributed by atoms with Crippen LogP contribution in [-0.4, -0.2) is 62.2 Å². The van der Waals surface area contributed by atoms with Crippen molar-refractivity contribution in [3.8, 4) is 11.5 Å². The molecule has 0 amide bonds. The number of carbonyl (C=O) groups is 1. The number of benzene rings is 2. The zero-order valence-corrected chi connectivity index (χ0v) is 20.6. The van der Waals surface area contributed by atoms with Gasteiger partial charge in [-0.3, -0.25) is 9.69 Å². The molecule has 35 heavy (non-hydrogen) atoms. The first-order chi connectivity index (χ1) is 17.3. The second-order valence-corrected chi connectivity index (χ2v) is 10.5. The number of hydrogen-bond donors (Lipinski definition) is 1. The minimum atomic E-state index is -0.142. The van der Waals surface area contributed by atoms with Gasteiger partial charge >= 0.3 is 0 Å². The maximum Gasteiger partial charge on any atom is 0.184 e. The smallest absolute Gasteiger partial charge is 0.184 e. The third-order valence-corrected chi connectivity index (χ3v) is 8.19. The van der Waals surface area contributed by atoms with E-state index in [-0.39, 0.29) is 12.1 Å². The monoisotopic (exact) mass is 489 g/mol. The van der Waals surface area contributed by atoms with E-state index in [4.69, 9.17) is 9.47 Å². The summed E-state index contributed by atoms with van der Waals surface area (Å²) in [5.74, 6) is 1.99. The first-order valence-corrected chi connectivity index (χ1v) is 13.4.